The van der Waals surface area contributed by atoms with Crippen molar-refractivity contribution in [3.8, 4) is 0 Å². The number of hydrogen-bond donors (Lipinski definition) is 1. The SMILES string of the molecule is CCOCC(=O)N(C)CC(=O)N1CCCC(C(=O)O)C1. The number of carbonyl (C=O) groups excluding carboxylic acids is 2. The van der Waals surface area contributed by atoms with Crippen LogP contribution < -0.4 is 0 Å². The molecule has 0 spiro atoms. The number of carboxylic acids is 1. The molecule has 2 amide bonds. The van der Waals surface area contributed by atoms with Gasteiger partial charge in [0.15, 0.2) is 0 Å². The van der Waals surface area contributed by atoms with E-state index in [0.717, 1.165) is 0 Å². The predicted molar refractivity (Wildman–Crippen MR) is 71.1 cm³/mol. The monoisotopic (exact) mass is 286 g/mol. The topological polar surface area (TPSA) is 87.2 Å². The van der Waals surface area contributed by atoms with Crippen LogP contribution in [0.3, 0.4) is 0 Å². The highest BCUT2D eigenvalue weighted by molar-refractivity contribution is 5.85. The van der Waals surface area contributed by atoms with Gasteiger partial charge in [0.1, 0.15) is 6.61 Å². The Balaban J connectivity index is 2.45. The number of piperidine rings is 1. The van der Waals surface area contributed by atoms with Crippen LogP contribution in [0.25, 0.3) is 0 Å². The summed E-state index contributed by atoms with van der Waals surface area (Å²) in [6, 6.07) is 0. The lowest BCUT2D eigenvalue weighted by molar-refractivity contribution is -0.148. The van der Waals surface area contributed by atoms with Crippen molar-refractivity contribution in [2.75, 3.05) is 39.9 Å². The minimum atomic E-state index is -0.872. The van der Waals surface area contributed by atoms with Crippen LogP contribution in [0.5, 0.6) is 0 Å². The van der Waals surface area contributed by atoms with Gasteiger partial charge in [0.2, 0.25) is 11.8 Å². The lowest BCUT2D eigenvalue weighted by Gasteiger charge is -2.32. The molecule has 1 aliphatic rings. The predicted octanol–water partition coefficient (Wildman–Crippen LogP) is -0.195. The Labute approximate surface area is 118 Å². The molecule has 0 saturated carbocycles. The van der Waals surface area contributed by atoms with Gasteiger partial charge in [-0.1, -0.05) is 0 Å². The van der Waals surface area contributed by atoms with Gasteiger partial charge in [-0.3, -0.25) is 14.4 Å². The summed E-state index contributed by atoms with van der Waals surface area (Å²) in [4.78, 5) is 37.5. The third-order valence-electron chi connectivity index (χ3n) is 3.35. The summed E-state index contributed by atoms with van der Waals surface area (Å²) >= 11 is 0. The molecule has 1 atom stereocenters. The van der Waals surface area contributed by atoms with Crippen molar-refractivity contribution in [2.45, 2.75) is 19.8 Å². The van der Waals surface area contributed by atoms with Crippen LogP contribution in [0.15, 0.2) is 0 Å². The summed E-state index contributed by atoms with van der Waals surface area (Å²) in [6.45, 7) is 2.92. The second kappa shape index (κ2) is 7.84. The number of carboxylic acid groups (broad SMARTS) is 1. The van der Waals surface area contributed by atoms with Crippen molar-refractivity contribution in [3.05, 3.63) is 0 Å². The summed E-state index contributed by atoms with van der Waals surface area (Å²) in [5, 5.41) is 8.99. The maximum Gasteiger partial charge on any atom is 0.308 e. The standard InChI is InChI=1S/C13H22N2O5/c1-3-20-9-12(17)14(2)8-11(16)15-6-4-5-10(7-15)13(18)19/h10H,3-9H2,1-2H3,(H,18,19). The molecule has 1 saturated heterocycles. The first-order valence-corrected chi connectivity index (χ1v) is 6.78. The molecule has 7 heteroatoms. The Morgan fingerprint density at radius 3 is 2.70 bits per heavy atom. The zero-order valence-corrected chi connectivity index (χ0v) is 12.0. The van der Waals surface area contributed by atoms with Crippen LogP contribution >= 0.6 is 0 Å². The van der Waals surface area contributed by atoms with Crippen molar-refractivity contribution >= 4 is 17.8 Å². The van der Waals surface area contributed by atoms with E-state index < -0.39 is 11.9 Å². The minimum Gasteiger partial charge on any atom is -0.481 e. The summed E-state index contributed by atoms with van der Waals surface area (Å²) < 4.78 is 5.00. The van der Waals surface area contributed by atoms with Crippen molar-refractivity contribution in [1.29, 1.82) is 0 Å². The zero-order valence-electron chi connectivity index (χ0n) is 12.0. The summed E-state index contributed by atoms with van der Waals surface area (Å²) in [7, 11) is 1.54. The van der Waals surface area contributed by atoms with Crippen molar-refractivity contribution < 1.29 is 24.2 Å². The molecule has 1 fully saturated rings. The molecule has 1 aliphatic heterocycles. The Kier molecular flexibility index (Phi) is 6.44. The fourth-order valence-corrected chi connectivity index (χ4v) is 2.10. The third-order valence-corrected chi connectivity index (χ3v) is 3.35. The fraction of sp³-hybridized carbons (Fsp3) is 0.769. The third kappa shape index (κ3) is 4.80. The molecule has 1 N–H and O–H groups in total. The first-order valence-electron chi connectivity index (χ1n) is 6.78. The molecule has 1 heterocycles. The van der Waals surface area contributed by atoms with Gasteiger partial charge in [0.25, 0.3) is 0 Å². The Hall–Kier alpha value is -1.63. The summed E-state index contributed by atoms with van der Waals surface area (Å²) in [5.74, 6) is -1.85. The van der Waals surface area contributed by atoms with E-state index in [4.69, 9.17) is 9.84 Å². The van der Waals surface area contributed by atoms with Crippen LogP contribution in [0, 0.1) is 5.92 Å². The van der Waals surface area contributed by atoms with E-state index in [1.165, 1.54) is 16.8 Å². The van der Waals surface area contributed by atoms with Crippen molar-refractivity contribution in [1.82, 2.24) is 9.80 Å². The molecule has 0 radical (unpaired) electrons. The van der Waals surface area contributed by atoms with Crippen LogP contribution in [-0.4, -0.2) is 72.6 Å². The van der Waals surface area contributed by atoms with E-state index in [2.05, 4.69) is 0 Å². The smallest absolute Gasteiger partial charge is 0.308 e. The zero-order chi connectivity index (χ0) is 15.1. The van der Waals surface area contributed by atoms with Gasteiger partial charge in [-0.15, -0.1) is 0 Å². The number of likely N-dealkylation sites (tertiary alicyclic amines) is 1. The highest BCUT2D eigenvalue weighted by Gasteiger charge is 2.28. The van der Waals surface area contributed by atoms with Gasteiger partial charge in [-0.2, -0.15) is 0 Å². The molecule has 1 unspecified atom stereocenters. The molecule has 0 bridgehead atoms. The number of likely N-dealkylation sites (N-methyl/N-ethyl adjacent to an activating group) is 1. The van der Waals surface area contributed by atoms with Crippen LogP contribution in [-0.2, 0) is 19.1 Å². The van der Waals surface area contributed by atoms with Crippen molar-refractivity contribution in [3.63, 3.8) is 0 Å². The highest BCUT2D eigenvalue weighted by Crippen LogP contribution is 2.16. The number of carbonyl (C=O) groups is 3. The van der Waals surface area contributed by atoms with Gasteiger partial charge < -0.3 is 19.6 Å². The molecule has 1 rings (SSSR count). The molecular formula is C13H22N2O5. The maximum atomic E-state index is 12.1. The summed E-state index contributed by atoms with van der Waals surface area (Å²) in [5.41, 5.74) is 0. The second-order valence-electron chi connectivity index (χ2n) is 4.90. The van der Waals surface area contributed by atoms with E-state index in [0.29, 0.717) is 26.0 Å². The fourth-order valence-electron chi connectivity index (χ4n) is 2.10. The Bertz CT molecular complexity index is 372. The van der Waals surface area contributed by atoms with Gasteiger partial charge >= 0.3 is 5.97 Å². The van der Waals surface area contributed by atoms with Crippen LogP contribution in [0.4, 0.5) is 0 Å². The first-order chi connectivity index (χ1) is 9.45. The summed E-state index contributed by atoms with van der Waals surface area (Å²) in [6.07, 6.45) is 1.28. The van der Waals surface area contributed by atoms with E-state index in [1.54, 1.807) is 6.92 Å². The second-order valence-corrected chi connectivity index (χ2v) is 4.90. The van der Waals surface area contributed by atoms with E-state index >= 15 is 0 Å². The first kappa shape index (κ1) is 16.4. The molecule has 114 valence electrons. The maximum absolute atomic E-state index is 12.1. The van der Waals surface area contributed by atoms with Gasteiger partial charge in [-0.05, 0) is 19.8 Å². The number of ether oxygens (including phenoxy) is 1. The van der Waals surface area contributed by atoms with Crippen molar-refractivity contribution in [2.24, 2.45) is 5.92 Å². The molecule has 0 aliphatic carbocycles. The average Bonchev–Trinajstić information content (AvgIpc) is 2.44. The molecular weight excluding hydrogens is 264 g/mol. The lowest BCUT2D eigenvalue weighted by Crippen LogP contribution is -2.47. The molecule has 20 heavy (non-hydrogen) atoms. The largest absolute Gasteiger partial charge is 0.481 e. The number of hydrogen-bond acceptors (Lipinski definition) is 4. The Morgan fingerprint density at radius 1 is 1.40 bits per heavy atom. The normalized spacial score (nSPS) is 18.7. The minimum absolute atomic E-state index is 0.0434. The Morgan fingerprint density at radius 2 is 2.10 bits per heavy atom. The van der Waals surface area contributed by atoms with E-state index in [1.807, 2.05) is 0 Å². The highest BCUT2D eigenvalue weighted by atomic mass is 16.5. The number of rotatable bonds is 6. The van der Waals surface area contributed by atoms with Gasteiger partial charge in [0, 0.05) is 26.7 Å². The lowest BCUT2D eigenvalue weighted by atomic mass is 9.98. The average molecular weight is 286 g/mol. The molecule has 0 aromatic carbocycles. The molecule has 0 aromatic rings. The van der Waals surface area contributed by atoms with E-state index in [-0.39, 0.29) is 31.5 Å². The quantitative estimate of drug-likeness (QED) is 0.731. The van der Waals surface area contributed by atoms with E-state index in [9.17, 15) is 14.4 Å². The number of amides is 2. The van der Waals surface area contributed by atoms with Crippen LogP contribution in [0.1, 0.15) is 19.8 Å². The van der Waals surface area contributed by atoms with Crippen LogP contribution in [0.2, 0.25) is 0 Å². The number of aliphatic carboxylic acids is 1. The number of nitrogens with zero attached hydrogens (tertiary/aromatic N) is 2. The molecule has 0 aromatic heterocycles. The van der Waals surface area contributed by atoms with Gasteiger partial charge in [0.05, 0.1) is 12.5 Å². The molecule has 7 nitrogen and oxygen atoms in total. The van der Waals surface area contributed by atoms with Gasteiger partial charge in [-0.25, -0.2) is 0 Å².